The molecule has 4 aromatic rings. The van der Waals surface area contributed by atoms with Crippen LogP contribution >= 0.6 is 0 Å². The largest absolute Gasteiger partial charge is 0.497 e. The molecule has 1 aliphatic heterocycles. The highest BCUT2D eigenvalue weighted by Gasteiger charge is 2.39. The van der Waals surface area contributed by atoms with Crippen molar-refractivity contribution in [3.05, 3.63) is 83.2 Å². The third-order valence-corrected chi connectivity index (χ3v) is 7.27. The predicted octanol–water partition coefficient (Wildman–Crippen LogP) is 5.14. The first-order valence-electron chi connectivity index (χ1n) is 12.7. The average Bonchev–Trinajstić information content (AvgIpc) is 3.36. The van der Waals surface area contributed by atoms with E-state index in [9.17, 15) is 23.2 Å². The van der Waals surface area contributed by atoms with Gasteiger partial charge in [0.05, 0.1) is 25.1 Å². The Hall–Kier alpha value is -4.43. The summed E-state index contributed by atoms with van der Waals surface area (Å²) in [7, 11) is 1.50. The number of rotatable bonds is 5. The van der Waals surface area contributed by atoms with E-state index in [1.807, 2.05) is 42.2 Å². The molecule has 1 aliphatic rings. The van der Waals surface area contributed by atoms with Gasteiger partial charge in [-0.15, -0.1) is 0 Å². The third-order valence-electron chi connectivity index (χ3n) is 7.27. The minimum absolute atomic E-state index is 0.0135. The van der Waals surface area contributed by atoms with Crippen LogP contribution in [-0.4, -0.2) is 63.1 Å². The van der Waals surface area contributed by atoms with Gasteiger partial charge in [-0.05, 0) is 43.7 Å². The van der Waals surface area contributed by atoms with Gasteiger partial charge in [0.25, 0.3) is 5.91 Å². The van der Waals surface area contributed by atoms with Crippen molar-refractivity contribution in [2.75, 3.05) is 26.7 Å². The standard InChI is InChI=1S/C29H27F3N6O2/c1-18-17-36(24(15-33)20-7-5-4-6-8-20)13-14-37(18)28(39)23-16-34-38-26(29(30,31)32)19(2)25(35-27(23)38)21-9-11-22(40-3)12-10-21/h4-12,16,18,24H,13-14,17H2,1-3H3/t18-,24?/m1/s1. The highest BCUT2D eigenvalue weighted by atomic mass is 19.4. The van der Waals surface area contributed by atoms with Crippen LogP contribution in [-0.2, 0) is 6.18 Å². The lowest BCUT2D eigenvalue weighted by Gasteiger charge is -2.41. The number of fused-ring (bicyclic) bond motifs is 1. The van der Waals surface area contributed by atoms with Gasteiger partial charge in [-0.2, -0.15) is 23.5 Å². The molecule has 2 atom stereocenters. The number of piperazine rings is 1. The fourth-order valence-electron chi connectivity index (χ4n) is 5.27. The predicted molar refractivity (Wildman–Crippen MR) is 142 cm³/mol. The zero-order chi connectivity index (χ0) is 28.6. The van der Waals surface area contributed by atoms with Gasteiger partial charge in [0.1, 0.15) is 17.4 Å². The van der Waals surface area contributed by atoms with Crippen molar-refractivity contribution < 1.29 is 22.7 Å². The summed E-state index contributed by atoms with van der Waals surface area (Å²) in [4.78, 5) is 21.9. The van der Waals surface area contributed by atoms with Gasteiger partial charge in [0, 0.05) is 36.8 Å². The first-order chi connectivity index (χ1) is 19.1. The topological polar surface area (TPSA) is 86.8 Å². The van der Waals surface area contributed by atoms with Gasteiger partial charge in [-0.25, -0.2) is 9.50 Å². The Morgan fingerprint density at radius 2 is 1.82 bits per heavy atom. The maximum atomic E-state index is 14.3. The van der Waals surface area contributed by atoms with Crippen LogP contribution in [0, 0.1) is 18.3 Å². The number of hydrogen-bond acceptors (Lipinski definition) is 6. The zero-order valence-corrected chi connectivity index (χ0v) is 22.2. The molecule has 1 saturated heterocycles. The van der Waals surface area contributed by atoms with Crippen molar-refractivity contribution in [2.45, 2.75) is 32.1 Å². The van der Waals surface area contributed by atoms with E-state index >= 15 is 0 Å². The Morgan fingerprint density at radius 1 is 1.12 bits per heavy atom. The lowest BCUT2D eigenvalue weighted by molar-refractivity contribution is -0.143. The zero-order valence-electron chi connectivity index (χ0n) is 22.2. The number of carbonyl (C=O) groups excluding carboxylic acids is 1. The number of halogens is 3. The molecule has 5 rings (SSSR count). The van der Waals surface area contributed by atoms with Crippen LogP contribution in [0.2, 0.25) is 0 Å². The molecule has 1 unspecified atom stereocenters. The molecule has 1 fully saturated rings. The van der Waals surface area contributed by atoms with E-state index in [2.05, 4.69) is 16.2 Å². The number of amides is 1. The number of carbonyl (C=O) groups is 1. The van der Waals surface area contributed by atoms with Crippen LogP contribution in [0.3, 0.4) is 0 Å². The molecule has 0 aliphatic carbocycles. The number of ether oxygens (including phenoxy) is 1. The van der Waals surface area contributed by atoms with Crippen LogP contribution in [0.25, 0.3) is 16.9 Å². The Labute approximate surface area is 229 Å². The molecule has 2 aromatic carbocycles. The number of nitriles is 1. The van der Waals surface area contributed by atoms with Crippen molar-refractivity contribution in [3.63, 3.8) is 0 Å². The summed E-state index contributed by atoms with van der Waals surface area (Å²) in [6, 6.07) is 17.5. The van der Waals surface area contributed by atoms with Crippen LogP contribution in [0.15, 0.2) is 60.8 Å². The second kappa shape index (κ2) is 10.6. The Morgan fingerprint density at radius 3 is 2.42 bits per heavy atom. The van der Waals surface area contributed by atoms with Gasteiger partial charge in [-0.3, -0.25) is 9.69 Å². The summed E-state index contributed by atoms with van der Waals surface area (Å²) in [6.45, 7) is 4.36. The van der Waals surface area contributed by atoms with E-state index in [0.717, 1.165) is 11.8 Å². The number of nitrogens with zero attached hydrogens (tertiary/aromatic N) is 6. The number of hydrogen-bond donors (Lipinski definition) is 0. The van der Waals surface area contributed by atoms with Crippen molar-refractivity contribution in [1.29, 1.82) is 5.26 Å². The molecular formula is C29H27F3N6O2. The minimum atomic E-state index is -4.73. The Kier molecular flexibility index (Phi) is 7.21. The first-order valence-corrected chi connectivity index (χ1v) is 12.7. The number of alkyl halides is 3. The van der Waals surface area contributed by atoms with Crippen LogP contribution in [0.5, 0.6) is 5.75 Å². The van der Waals surface area contributed by atoms with Crippen molar-refractivity contribution in [2.24, 2.45) is 0 Å². The van der Waals surface area contributed by atoms with Crippen molar-refractivity contribution in [1.82, 2.24) is 24.4 Å². The summed E-state index contributed by atoms with van der Waals surface area (Å²) in [5.41, 5.74) is 0.163. The molecule has 11 heteroatoms. The average molecular weight is 549 g/mol. The molecule has 0 spiro atoms. The summed E-state index contributed by atoms with van der Waals surface area (Å²) >= 11 is 0. The van der Waals surface area contributed by atoms with Crippen LogP contribution in [0.4, 0.5) is 13.2 Å². The fraction of sp³-hybridized carbons (Fsp3) is 0.310. The molecule has 0 N–H and O–H groups in total. The molecule has 40 heavy (non-hydrogen) atoms. The smallest absolute Gasteiger partial charge is 0.433 e. The van der Waals surface area contributed by atoms with Crippen LogP contribution < -0.4 is 4.74 Å². The first kappa shape index (κ1) is 27.1. The summed E-state index contributed by atoms with van der Waals surface area (Å²) in [5, 5.41) is 13.8. The summed E-state index contributed by atoms with van der Waals surface area (Å²) in [5.74, 6) is 0.0957. The number of aromatic nitrogens is 3. The van der Waals surface area contributed by atoms with E-state index in [1.54, 1.807) is 29.2 Å². The van der Waals surface area contributed by atoms with Crippen LogP contribution in [0.1, 0.15) is 40.1 Å². The second-order valence-corrected chi connectivity index (χ2v) is 9.74. The van der Waals surface area contributed by atoms with Gasteiger partial charge in [0.15, 0.2) is 11.3 Å². The van der Waals surface area contributed by atoms with E-state index in [1.165, 1.54) is 14.0 Å². The molecule has 0 bridgehead atoms. The van der Waals surface area contributed by atoms with Gasteiger partial charge >= 0.3 is 6.18 Å². The maximum absolute atomic E-state index is 14.3. The fourth-order valence-corrected chi connectivity index (χ4v) is 5.27. The van der Waals surface area contributed by atoms with E-state index in [-0.39, 0.29) is 28.5 Å². The van der Waals surface area contributed by atoms with Crippen molar-refractivity contribution >= 4 is 11.6 Å². The number of benzene rings is 2. The van der Waals surface area contributed by atoms with E-state index in [0.29, 0.717) is 35.5 Å². The molecule has 206 valence electrons. The lowest BCUT2D eigenvalue weighted by atomic mass is 10.0. The quantitative estimate of drug-likeness (QED) is 0.343. The second-order valence-electron chi connectivity index (χ2n) is 9.74. The third kappa shape index (κ3) is 4.86. The maximum Gasteiger partial charge on any atom is 0.433 e. The minimum Gasteiger partial charge on any atom is -0.497 e. The Balaban J connectivity index is 1.50. The molecule has 1 amide bonds. The lowest BCUT2D eigenvalue weighted by Crippen LogP contribution is -2.54. The SMILES string of the molecule is COc1ccc(-c2nc3c(C(=O)N4CCN(C(C#N)c5ccccc5)C[C@H]4C)cnn3c(C(F)(F)F)c2C)cc1. The molecule has 0 saturated carbocycles. The van der Waals surface area contributed by atoms with E-state index < -0.39 is 23.8 Å². The molecule has 2 aromatic heterocycles. The Bertz CT molecular complexity index is 1580. The molecule has 0 radical (unpaired) electrons. The van der Waals surface area contributed by atoms with Gasteiger partial charge < -0.3 is 9.64 Å². The highest BCUT2D eigenvalue weighted by molar-refractivity contribution is 6.00. The van der Waals surface area contributed by atoms with Crippen molar-refractivity contribution in [3.8, 4) is 23.1 Å². The van der Waals surface area contributed by atoms with Gasteiger partial charge in [-0.1, -0.05) is 30.3 Å². The molecule has 3 heterocycles. The number of methoxy groups -OCH3 is 1. The molecular weight excluding hydrogens is 521 g/mol. The monoisotopic (exact) mass is 548 g/mol. The summed E-state index contributed by atoms with van der Waals surface area (Å²) in [6.07, 6.45) is -3.58. The van der Waals surface area contributed by atoms with Gasteiger partial charge in [0.2, 0.25) is 0 Å². The molecule has 8 nitrogen and oxygen atoms in total. The highest BCUT2D eigenvalue weighted by Crippen LogP contribution is 2.37. The van der Waals surface area contributed by atoms with E-state index in [4.69, 9.17) is 4.74 Å². The summed E-state index contributed by atoms with van der Waals surface area (Å²) < 4.78 is 48.7. The normalized spacial score (nSPS) is 17.0.